The summed E-state index contributed by atoms with van der Waals surface area (Å²) in [6.45, 7) is 2.76. The van der Waals surface area contributed by atoms with Crippen LogP contribution >= 0.6 is 23.2 Å². The number of carbonyl (C=O) groups excluding carboxylic acids is 2. The summed E-state index contributed by atoms with van der Waals surface area (Å²) in [5, 5.41) is 2.91. The standard InChI is InChI=1S/C21H22Cl2N2O5S/c1-2-30-21(27)17-12-14(6-8-19(17)23)24-20(26)16-13-15(7-9-18(16)22)31(28,29)25-10-4-3-5-11-25/h6-9,12-13H,2-5,10-11H2,1H3,(H,24,26). The van der Waals surface area contributed by atoms with E-state index < -0.39 is 21.9 Å². The Balaban J connectivity index is 1.86. The number of rotatable bonds is 6. The maximum atomic E-state index is 12.9. The summed E-state index contributed by atoms with van der Waals surface area (Å²) in [6.07, 6.45) is 2.61. The van der Waals surface area contributed by atoms with Gasteiger partial charge in [-0.2, -0.15) is 4.31 Å². The molecule has 3 rings (SSSR count). The molecule has 1 aliphatic rings. The Morgan fingerprint density at radius 1 is 1.00 bits per heavy atom. The lowest BCUT2D eigenvalue weighted by Gasteiger charge is -2.26. The minimum atomic E-state index is -3.72. The van der Waals surface area contributed by atoms with E-state index in [9.17, 15) is 18.0 Å². The van der Waals surface area contributed by atoms with Gasteiger partial charge in [-0.05, 0) is 56.2 Å². The van der Waals surface area contributed by atoms with Crippen LogP contribution in [0.2, 0.25) is 10.0 Å². The number of esters is 1. The number of nitrogens with one attached hydrogen (secondary N) is 1. The predicted octanol–water partition coefficient (Wildman–Crippen LogP) is 4.60. The molecule has 0 bridgehead atoms. The van der Waals surface area contributed by atoms with Gasteiger partial charge in [-0.1, -0.05) is 29.6 Å². The first-order valence-electron chi connectivity index (χ1n) is 9.81. The Morgan fingerprint density at radius 3 is 2.32 bits per heavy atom. The first-order chi connectivity index (χ1) is 14.7. The molecule has 0 aromatic heterocycles. The molecule has 1 heterocycles. The van der Waals surface area contributed by atoms with Crippen LogP contribution in [0.5, 0.6) is 0 Å². The van der Waals surface area contributed by atoms with Gasteiger partial charge >= 0.3 is 5.97 Å². The van der Waals surface area contributed by atoms with Crippen LogP contribution in [0.1, 0.15) is 46.9 Å². The summed E-state index contributed by atoms with van der Waals surface area (Å²) >= 11 is 12.2. The van der Waals surface area contributed by atoms with Crippen molar-refractivity contribution in [3.05, 3.63) is 57.6 Å². The Hall–Kier alpha value is -2.13. The minimum Gasteiger partial charge on any atom is -0.462 e. The summed E-state index contributed by atoms with van der Waals surface area (Å²) in [4.78, 5) is 24.9. The number of hydrogen-bond donors (Lipinski definition) is 1. The molecule has 1 aliphatic heterocycles. The van der Waals surface area contributed by atoms with Crippen LogP contribution in [0.3, 0.4) is 0 Å². The Kier molecular flexibility index (Phi) is 7.59. The van der Waals surface area contributed by atoms with Gasteiger partial charge in [-0.15, -0.1) is 0 Å². The van der Waals surface area contributed by atoms with Gasteiger partial charge in [0.2, 0.25) is 10.0 Å². The monoisotopic (exact) mass is 484 g/mol. The summed E-state index contributed by atoms with van der Waals surface area (Å²) in [6, 6.07) is 8.42. The Bertz CT molecular complexity index is 1100. The van der Waals surface area contributed by atoms with E-state index in [-0.39, 0.29) is 38.4 Å². The zero-order valence-electron chi connectivity index (χ0n) is 16.9. The van der Waals surface area contributed by atoms with E-state index in [4.69, 9.17) is 27.9 Å². The van der Waals surface area contributed by atoms with E-state index in [1.165, 1.54) is 40.7 Å². The molecule has 2 aromatic carbocycles. The summed E-state index contributed by atoms with van der Waals surface area (Å²) in [7, 11) is -3.72. The number of benzene rings is 2. The fourth-order valence-electron chi connectivity index (χ4n) is 3.26. The van der Waals surface area contributed by atoms with Crippen molar-refractivity contribution in [3.8, 4) is 0 Å². The number of anilines is 1. The van der Waals surface area contributed by atoms with Crippen LogP contribution in [0.4, 0.5) is 5.69 Å². The van der Waals surface area contributed by atoms with Crippen molar-refractivity contribution in [2.75, 3.05) is 25.0 Å². The van der Waals surface area contributed by atoms with Crippen LogP contribution in [0.25, 0.3) is 0 Å². The summed E-state index contributed by atoms with van der Waals surface area (Å²) in [5.74, 6) is -1.23. The van der Waals surface area contributed by atoms with E-state index in [2.05, 4.69) is 5.32 Å². The van der Waals surface area contributed by atoms with Gasteiger partial charge < -0.3 is 10.1 Å². The normalized spacial score (nSPS) is 14.8. The highest BCUT2D eigenvalue weighted by molar-refractivity contribution is 7.89. The molecule has 0 saturated carbocycles. The summed E-state index contributed by atoms with van der Waals surface area (Å²) < 4.78 is 32.2. The van der Waals surface area contributed by atoms with Gasteiger partial charge in [0, 0.05) is 18.8 Å². The number of hydrogen-bond acceptors (Lipinski definition) is 5. The molecule has 1 fully saturated rings. The smallest absolute Gasteiger partial charge is 0.339 e. The van der Waals surface area contributed by atoms with E-state index in [0.29, 0.717) is 13.1 Å². The number of amides is 1. The van der Waals surface area contributed by atoms with Crippen molar-refractivity contribution < 1.29 is 22.7 Å². The lowest BCUT2D eigenvalue weighted by Crippen LogP contribution is -2.35. The quantitative estimate of drug-likeness (QED) is 0.604. The molecule has 0 unspecified atom stereocenters. The van der Waals surface area contributed by atoms with Crippen molar-refractivity contribution in [1.82, 2.24) is 4.31 Å². The second-order valence-electron chi connectivity index (χ2n) is 6.98. The van der Waals surface area contributed by atoms with Gasteiger partial charge in [0.1, 0.15) is 0 Å². The summed E-state index contributed by atoms with van der Waals surface area (Å²) in [5.41, 5.74) is 0.402. The maximum absolute atomic E-state index is 12.9. The van der Waals surface area contributed by atoms with Crippen LogP contribution in [-0.2, 0) is 14.8 Å². The third-order valence-corrected chi connectivity index (χ3v) is 7.41. The number of piperidine rings is 1. The zero-order chi connectivity index (χ0) is 22.6. The molecule has 2 aromatic rings. The number of halogens is 2. The molecule has 1 N–H and O–H groups in total. The molecule has 10 heteroatoms. The SMILES string of the molecule is CCOC(=O)c1cc(NC(=O)c2cc(S(=O)(=O)N3CCCCC3)ccc2Cl)ccc1Cl. The molecular weight excluding hydrogens is 463 g/mol. The van der Waals surface area contributed by atoms with Crippen molar-refractivity contribution in [2.45, 2.75) is 31.1 Å². The van der Waals surface area contributed by atoms with E-state index >= 15 is 0 Å². The first kappa shape index (κ1) is 23.5. The lowest BCUT2D eigenvalue weighted by molar-refractivity contribution is 0.0526. The molecular formula is C21H22Cl2N2O5S. The fraction of sp³-hybridized carbons (Fsp3) is 0.333. The molecule has 0 radical (unpaired) electrons. The van der Waals surface area contributed by atoms with Gasteiger partial charge in [-0.3, -0.25) is 4.79 Å². The third kappa shape index (κ3) is 5.38. The van der Waals surface area contributed by atoms with Gasteiger partial charge in [0.05, 0.1) is 32.7 Å². The highest BCUT2D eigenvalue weighted by Gasteiger charge is 2.27. The topological polar surface area (TPSA) is 92.8 Å². The molecule has 7 nitrogen and oxygen atoms in total. The van der Waals surface area contributed by atoms with Crippen molar-refractivity contribution in [3.63, 3.8) is 0 Å². The third-order valence-electron chi connectivity index (χ3n) is 4.85. The molecule has 1 saturated heterocycles. The largest absolute Gasteiger partial charge is 0.462 e. The number of nitrogens with zero attached hydrogens (tertiary/aromatic N) is 1. The highest BCUT2D eigenvalue weighted by atomic mass is 35.5. The van der Waals surface area contributed by atoms with Gasteiger partial charge in [-0.25, -0.2) is 13.2 Å². The average molecular weight is 485 g/mol. The molecule has 0 spiro atoms. The van der Waals surface area contributed by atoms with E-state index in [0.717, 1.165) is 19.3 Å². The number of ether oxygens (including phenoxy) is 1. The highest BCUT2D eigenvalue weighted by Crippen LogP contribution is 2.27. The number of carbonyl (C=O) groups is 2. The van der Waals surface area contributed by atoms with Gasteiger partial charge in [0.25, 0.3) is 5.91 Å². The van der Waals surface area contributed by atoms with E-state index in [1.807, 2.05) is 0 Å². The average Bonchev–Trinajstić information content (AvgIpc) is 2.76. The van der Waals surface area contributed by atoms with Crippen LogP contribution in [0, 0.1) is 0 Å². The molecule has 1 amide bonds. The van der Waals surface area contributed by atoms with Crippen molar-refractivity contribution in [2.24, 2.45) is 0 Å². The first-order valence-corrected chi connectivity index (χ1v) is 12.0. The number of sulfonamides is 1. The predicted molar refractivity (Wildman–Crippen MR) is 119 cm³/mol. The Labute approximate surface area is 191 Å². The minimum absolute atomic E-state index is 0.00673. The molecule has 0 aliphatic carbocycles. The molecule has 166 valence electrons. The second kappa shape index (κ2) is 9.99. The Morgan fingerprint density at radius 2 is 1.65 bits per heavy atom. The molecule has 31 heavy (non-hydrogen) atoms. The zero-order valence-corrected chi connectivity index (χ0v) is 19.2. The molecule has 0 atom stereocenters. The van der Waals surface area contributed by atoms with Crippen molar-refractivity contribution >= 4 is 50.8 Å². The second-order valence-corrected chi connectivity index (χ2v) is 9.73. The fourth-order valence-corrected chi connectivity index (χ4v) is 5.20. The van der Waals surface area contributed by atoms with Gasteiger partial charge in [0.15, 0.2) is 0 Å². The maximum Gasteiger partial charge on any atom is 0.339 e. The van der Waals surface area contributed by atoms with Crippen LogP contribution in [0.15, 0.2) is 41.3 Å². The van der Waals surface area contributed by atoms with Crippen LogP contribution in [-0.4, -0.2) is 44.3 Å². The lowest BCUT2D eigenvalue weighted by atomic mass is 10.1. The van der Waals surface area contributed by atoms with E-state index in [1.54, 1.807) is 6.92 Å². The van der Waals surface area contributed by atoms with Crippen LogP contribution < -0.4 is 5.32 Å². The van der Waals surface area contributed by atoms with Crippen molar-refractivity contribution in [1.29, 1.82) is 0 Å².